The summed E-state index contributed by atoms with van der Waals surface area (Å²) in [6.45, 7) is 7.88. The summed E-state index contributed by atoms with van der Waals surface area (Å²) in [6.07, 6.45) is 2.57. The summed E-state index contributed by atoms with van der Waals surface area (Å²) in [6, 6.07) is 26.1. The fourth-order valence-corrected chi connectivity index (χ4v) is 6.19. The summed E-state index contributed by atoms with van der Waals surface area (Å²) in [4.78, 5) is 26.1. The number of halogens is 2. The van der Waals surface area contributed by atoms with Gasteiger partial charge in [0.2, 0.25) is 0 Å². The second-order valence-corrected chi connectivity index (χ2v) is 11.9. The van der Waals surface area contributed by atoms with Crippen LogP contribution >= 0.6 is 23.4 Å². The second kappa shape index (κ2) is 15.2. The van der Waals surface area contributed by atoms with Gasteiger partial charge in [-0.05, 0) is 74.0 Å². The molecule has 1 amide bonds. The van der Waals surface area contributed by atoms with E-state index in [1.54, 1.807) is 12.3 Å². The zero-order chi connectivity index (χ0) is 30.0. The van der Waals surface area contributed by atoms with E-state index in [4.69, 9.17) is 16.3 Å². The molecule has 0 aliphatic carbocycles. The van der Waals surface area contributed by atoms with Crippen molar-refractivity contribution in [2.24, 2.45) is 0 Å². The monoisotopic (exact) mass is 618 g/mol. The number of rotatable bonds is 12. The van der Waals surface area contributed by atoms with Crippen LogP contribution in [-0.4, -0.2) is 66.6 Å². The molecular weight excluding hydrogens is 583 g/mol. The minimum Gasteiger partial charge on any atom is -0.492 e. The number of hydrogen-bond donors (Lipinski definition) is 0. The molecule has 0 unspecified atom stereocenters. The van der Waals surface area contributed by atoms with E-state index >= 15 is 0 Å². The topological polar surface area (TPSA) is 48.9 Å². The van der Waals surface area contributed by atoms with Gasteiger partial charge in [-0.2, -0.15) is 0 Å². The molecule has 1 saturated heterocycles. The Morgan fingerprint density at radius 2 is 1.77 bits per heavy atom. The predicted octanol–water partition coefficient (Wildman–Crippen LogP) is 7.28. The second-order valence-electron chi connectivity index (χ2n) is 10.4. The van der Waals surface area contributed by atoms with Crippen LogP contribution in [0.2, 0.25) is 5.02 Å². The van der Waals surface area contributed by atoms with Crippen LogP contribution in [0.4, 0.5) is 10.1 Å². The Morgan fingerprint density at radius 3 is 2.51 bits per heavy atom. The highest BCUT2D eigenvalue weighted by molar-refractivity contribution is 7.99. The standard InChI is InChI=1S/C34H36ClFN4O2S/c1-2-42-32-24-28(36)13-16-31(32)39-22-20-38(21-23-39)18-7-19-40(25-26-8-4-3-5-9-26)34(41)30-10-6-17-37-33(30)43-29-14-11-27(35)12-15-29/h3-6,8-17,24H,2,7,18-23,25H2,1H3. The Morgan fingerprint density at radius 1 is 1.00 bits per heavy atom. The lowest BCUT2D eigenvalue weighted by Crippen LogP contribution is -2.47. The van der Waals surface area contributed by atoms with Gasteiger partial charge in [0.05, 0.1) is 17.9 Å². The molecular formula is C34H36ClFN4O2S. The van der Waals surface area contributed by atoms with Crippen molar-refractivity contribution in [1.29, 1.82) is 0 Å². The quantitative estimate of drug-likeness (QED) is 0.166. The van der Waals surface area contributed by atoms with Crippen molar-refractivity contribution >= 4 is 35.0 Å². The molecule has 3 aromatic carbocycles. The summed E-state index contributed by atoms with van der Waals surface area (Å²) < 4.78 is 19.5. The zero-order valence-corrected chi connectivity index (χ0v) is 25.9. The van der Waals surface area contributed by atoms with Gasteiger partial charge in [-0.25, -0.2) is 9.37 Å². The first kappa shape index (κ1) is 30.9. The van der Waals surface area contributed by atoms with Crippen LogP contribution in [0.5, 0.6) is 5.75 Å². The third-order valence-electron chi connectivity index (χ3n) is 7.37. The molecule has 0 radical (unpaired) electrons. The number of carbonyl (C=O) groups excluding carboxylic acids is 1. The number of anilines is 1. The van der Waals surface area contributed by atoms with Gasteiger partial charge in [-0.15, -0.1) is 0 Å². The Labute approximate surface area is 262 Å². The molecule has 5 rings (SSSR count). The largest absolute Gasteiger partial charge is 0.492 e. The minimum absolute atomic E-state index is 0.0296. The number of hydrogen-bond acceptors (Lipinski definition) is 6. The molecule has 1 aliphatic rings. The number of carbonyl (C=O) groups is 1. The van der Waals surface area contributed by atoms with E-state index in [0.29, 0.717) is 41.1 Å². The molecule has 1 aromatic heterocycles. The summed E-state index contributed by atoms with van der Waals surface area (Å²) in [7, 11) is 0. The highest BCUT2D eigenvalue weighted by Gasteiger charge is 2.23. The van der Waals surface area contributed by atoms with Crippen molar-refractivity contribution in [3.8, 4) is 5.75 Å². The molecule has 2 heterocycles. The van der Waals surface area contributed by atoms with E-state index in [0.717, 1.165) is 55.3 Å². The third-order valence-corrected chi connectivity index (χ3v) is 8.65. The van der Waals surface area contributed by atoms with Gasteiger partial charge < -0.3 is 14.5 Å². The van der Waals surface area contributed by atoms with Gasteiger partial charge in [0, 0.05) is 61.4 Å². The smallest absolute Gasteiger partial charge is 0.256 e. The summed E-state index contributed by atoms with van der Waals surface area (Å²) in [5.74, 6) is 0.274. The lowest BCUT2D eigenvalue weighted by molar-refractivity contribution is 0.0730. The lowest BCUT2D eigenvalue weighted by Gasteiger charge is -2.37. The number of benzene rings is 3. The van der Waals surface area contributed by atoms with Crippen molar-refractivity contribution in [1.82, 2.24) is 14.8 Å². The maximum Gasteiger partial charge on any atom is 0.256 e. The molecule has 4 aromatic rings. The molecule has 43 heavy (non-hydrogen) atoms. The van der Waals surface area contributed by atoms with Crippen molar-refractivity contribution in [2.45, 2.75) is 29.8 Å². The van der Waals surface area contributed by atoms with Crippen LogP contribution in [0.25, 0.3) is 0 Å². The van der Waals surface area contributed by atoms with Crippen LogP contribution < -0.4 is 9.64 Å². The molecule has 0 saturated carbocycles. The van der Waals surface area contributed by atoms with Gasteiger partial charge >= 0.3 is 0 Å². The first-order chi connectivity index (χ1) is 21.0. The molecule has 0 atom stereocenters. The molecule has 1 aliphatic heterocycles. The number of ether oxygens (including phenoxy) is 1. The normalized spacial score (nSPS) is 13.6. The van der Waals surface area contributed by atoms with Crippen molar-refractivity contribution in [3.05, 3.63) is 113 Å². The van der Waals surface area contributed by atoms with Gasteiger partial charge in [-0.3, -0.25) is 9.69 Å². The number of nitrogens with zero attached hydrogens (tertiary/aromatic N) is 4. The Bertz CT molecular complexity index is 1480. The molecule has 0 bridgehead atoms. The minimum atomic E-state index is -0.289. The van der Waals surface area contributed by atoms with Crippen molar-refractivity contribution in [3.63, 3.8) is 0 Å². The van der Waals surface area contributed by atoms with Crippen LogP contribution in [0.3, 0.4) is 0 Å². The fourth-order valence-electron chi connectivity index (χ4n) is 5.19. The van der Waals surface area contributed by atoms with E-state index < -0.39 is 0 Å². The number of pyridine rings is 1. The summed E-state index contributed by atoms with van der Waals surface area (Å²) in [5, 5.41) is 1.35. The van der Waals surface area contributed by atoms with Crippen LogP contribution in [-0.2, 0) is 6.54 Å². The van der Waals surface area contributed by atoms with Crippen LogP contribution in [0, 0.1) is 5.82 Å². The maximum absolute atomic E-state index is 14.0. The Balaban J connectivity index is 1.23. The summed E-state index contributed by atoms with van der Waals surface area (Å²) >= 11 is 7.53. The highest BCUT2D eigenvalue weighted by Crippen LogP contribution is 2.31. The molecule has 9 heteroatoms. The highest BCUT2D eigenvalue weighted by atomic mass is 35.5. The first-order valence-corrected chi connectivity index (χ1v) is 15.8. The SMILES string of the molecule is CCOc1cc(F)ccc1N1CCN(CCCN(Cc2ccccc2)C(=O)c2cccnc2Sc2ccc(Cl)cc2)CC1. The predicted molar refractivity (Wildman–Crippen MR) is 172 cm³/mol. The average Bonchev–Trinajstić information content (AvgIpc) is 3.03. The Kier molecular flexibility index (Phi) is 10.9. The molecule has 224 valence electrons. The average molecular weight is 619 g/mol. The van der Waals surface area contributed by atoms with E-state index in [9.17, 15) is 9.18 Å². The molecule has 0 spiro atoms. The van der Waals surface area contributed by atoms with Crippen molar-refractivity contribution < 1.29 is 13.9 Å². The van der Waals surface area contributed by atoms with E-state index in [1.165, 1.54) is 23.9 Å². The van der Waals surface area contributed by atoms with Gasteiger partial charge in [0.25, 0.3) is 5.91 Å². The van der Waals surface area contributed by atoms with Crippen molar-refractivity contribution in [2.75, 3.05) is 50.8 Å². The fraction of sp³-hybridized carbons (Fsp3) is 0.294. The number of amides is 1. The Hall–Kier alpha value is -3.59. The molecule has 6 nitrogen and oxygen atoms in total. The molecule has 1 fully saturated rings. The van der Waals surface area contributed by atoms with Gasteiger partial charge in [-0.1, -0.05) is 53.7 Å². The maximum atomic E-state index is 14.0. The summed E-state index contributed by atoms with van der Waals surface area (Å²) in [5.41, 5.74) is 2.62. The number of aromatic nitrogens is 1. The van der Waals surface area contributed by atoms with E-state index in [1.807, 2.05) is 66.4 Å². The van der Waals surface area contributed by atoms with Gasteiger partial charge in [0.1, 0.15) is 16.6 Å². The lowest BCUT2D eigenvalue weighted by atomic mass is 10.1. The van der Waals surface area contributed by atoms with E-state index in [2.05, 4.69) is 26.9 Å². The third kappa shape index (κ3) is 8.50. The van der Waals surface area contributed by atoms with E-state index in [-0.39, 0.29) is 11.7 Å². The van der Waals surface area contributed by atoms with Crippen LogP contribution in [0.15, 0.2) is 101 Å². The number of piperazine rings is 1. The molecule has 0 N–H and O–H groups in total. The zero-order valence-electron chi connectivity index (χ0n) is 24.3. The van der Waals surface area contributed by atoms with Crippen LogP contribution in [0.1, 0.15) is 29.3 Å². The first-order valence-electron chi connectivity index (χ1n) is 14.6. The van der Waals surface area contributed by atoms with Gasteiger partial charge in [0.15, 0.2) is 0 Å².